The maximum atomic E-state index is 13.5. The molecule has 1 heterocycles. The van der Waals surface area contributed by atoms with Crippen LogP contribution in [0.15, 0.2) is 12.1 Å². The molecule has 2 rings (SSSR count). The highest BCUT2D eigenvalue weighted by molar-refractivity contribution is 5.77. The van der Waals surface area contributed by atoms with Crippen molar-refractivity contribution in [3.63, 3.8) is 0 Å². The molecule has 0 spiro atoms. The van der Waals surface area contributed by atoms with Gasteiger partial charge in [0.1, 0.15) is 5.82 Å². The molecule has 5 heteroatoms. The van der Waals surface area contributed by atoms with Gasteiger partial charge in [0.15, 0.2) is 24.1 Å². The Morgan fingerprint density at radius 1 is 1.39 bits per heavy atom. The molecule has 0 aliphatic carbocycles. The second-order valence-corrected chi connectivity index (χ2v) is 4.06. The number of aldehydes is 1. The van der Waals surface area contributed by atoms with Gasteiger partial charge in [-0.2, -0.15) is 0 Å². The van der Waals surface area contributed by atoms with Gasteiger partial charge in [0.2, 0.25) is 0 Å². The van der Waals surface area contributed by atoms with Crippen LogP contribution in [0.5, 0.6) is 11.5 Å². The highest BCUT2D eigenvalue weighted by atomic mass is 19.1. The van der Waals surface area contributed by atoms with Gasteiger partial charge in [-0.1, -0.05) is 0 Å². The van der Waals surface area contributed by atoms with Crippen LogP contribution in [-0.4, -0.2) is 26.3 Å². The Hall–Kier alpha value is -1.62. The third kappa shape index (κ3) is 2.79. The summed E-state index contributed by atoms with van der Waals surface area (Å²) in [7, 11) is 1.44. The summed E-state index contributed by atoms with van der Waals surface area (Å²) in [5.74, 6) is -0.0446. The average molecular weight is 254 g/mol. The highest BCUT2D eigenvalue weighted by Crippen LogP contribution is 2.31. The number of hydrogen-bond acceptors (Lipinski definition) is 4. The quantitative estimate of drug-likeness (QED) is 0.774. The van der Waals surface area contributed by atoms with E-state index in [1.807, 2.05) is 0 Å². The zero-order valence-corrected chi connectivity index (χ0v) is 10.1. The fourth-order valence-electron chi connectivity index (χ4n) is 1.84. The Morgan fingerprint density at radius 2 is 2.22 bits per heavy atom. The van der Waals surface area contributed by atoms with Gasteiger partial charge in [0, 0.05) is 12.5 Å². The summed E-state index contributed by atoms with van der Waals surface area (Å²) in [6, 6.07) is 2.47. The maximum absolute atomic E-state index is 13.5. The molecule has 0 bridgehead atoms. The van der Waals surface area contributed by atoms with Crippen molar-refractivity contribution >= 4 is 6.29 Å². The second kappa shape index (κ2) is 5.82. The van der Waals surface area contributed by atoms with Gasteiger partial charge < -0.3 is 14.2 Å². The van der Waals surface area contributed by atoms with Crippen LogP contribution in [0.1, 0.15) is 29.6 Å². The molecule has 18 heavy (non-hydrogen) atoms. The Bertz CT molecular complexity index is 427. The molecule has 0 aromatic heterocycles. The van der Waals surface area contributed by atoms with Crippen molar-refractivity contribution in [2.45, 2.75) is 25.6 Å². The molecule has 1 aromatic rings. The highest BCUT2D eigenvalue weighted by Gasteiger charge is 2.19. The van der Waals surface area contributed by atoms with E-state index in [4.69, 9.17) is 14.2 Å². The molecular formula is C13H15FO4. The molecular weight excluding hydrogens is 239 g/mol. The van der Waals surface area contributed by atoms with Crippen molar-refractivity contribution in [2.24, 2.45) is 0 Å². The Balaban J connectivity index is 2.20. The van der Waals surface area contributed by atoms with Gasteiger partial charge in [-0.15, -0.1) is 0 Å². The summed E-state index contributed by atoms with van der Waals surface area (Å²) in [6.07, 6.45) is 2.85. The van der Waals surface area contributed by atoms with E-state index in [1.54, 1.807) is 0 Å². The van der Waals surface area contributed by atoms with Gasteiger partial charge in [0.05, 0.1) is 19.3 Å². The molecule has 1 fully saturated rings. The fourth-order valence-corrected chi connectivity index (χ4v) is 1.84. The first-order valence-electron chi connectivity index (χ1n) is 5.85. The Morgan fingerprint density at radius 3 is 2.83 bits per heavy atom. The monoisotopic (exact) mass is 254 g/mol. The van der Waals surface area contributed by atoms with Crippen molar-refractivity contribution in [3.05, 3.63) is 23.5 Å². The largest absolute Gasteiger partial charge is 0.493 e. The standard InChI is InChI=1S/C13H15FO4/c1-16-11-6-9(8-15)10(14)7-12(11)18-13-4-2-3-5-17-13/h6-8,13H,2-5H2,1H3. The third-order valence-corrected chi connectivity index (χ3v) is 2.81. The topological polar surface area (TPSA) is 44.8 Å². The smallest absolute Gasteiger partial charge is 0.200 e. The maximum Gasteiger partial charge on any atom is 0.200 e. The lowest BCUT2D eigenvalue weighted by molar-refractivity contribution is -0.106. The lowest BCUT2D eigenvalue weighted by Crippen LogP contribution is -2.25. The lowest BCUT2D eigenvalue weighted by Gasteiger charge is -2.24. The van der Waals surface area contributed by atoms with E-state index in [1.165, 1.54) is 13.2 Å². The van der Waals surface area contributed by atoms with Crippen molar-refractivity contribution < 1.29 is 23.4 Å². The predicted molar refractivity (Wildman–Crippen MR) is 62.6 cm³/mol. The first-order chi connectivity index (χ1) is 8.74. The van der Waals surface area contributed by atoms with Crippen molar-refractivity contribution in [1.82, 2.24) is 0 Å². The van der Waals surface area contributed by atoms with E-state index < -0.39 is 5.82 Å². The molecule has 0 saturated carbocycles. The van der Waals surface area contributed by atoms with Gasteiger partial charge in [-0.3, -0.25) is 4.79 Å². The molecule has 1 aliphatic rings. The molecule has 1 saturated heterocycles. The number of methoxy groups -OCH3 is 1. The summed E-state index contributed by atoms with van der Waals surface area (Å²) in [5.41, 5.74) is -0.0521. The SMILES string of the molecule is COc1cc(C=O)c(F)cc1OC1CCCCO1. The zero-order valence-electron chi connectivity index (χ0n) is 10.1. The second-order valence-electron chi connectivity index (χ2n) is 4.06. The van der Waals surface area contributed by atoms with E-state index in [0.29, 0.717) is 18.6 Å². The Labute approximate surface area is 105 Å². The molecule has 1 aliphatic heterocycles. The van der Waals surface area contributed by atoms with Crippen LogP contribution in [0, 0.1) is 5.82 Å². The minimum atomic E-state index is -0.628. The summed E-state index contributed by atoms with van der Waals surface area (Å²) in [4.78, 5) is 10.6. The van der Waals surface area contributed by atoms with E-state index in [-0.39, 0.29) is 17.6 Å². The fraction of sp³-hybridized carbons (Fsp3) is 0.462. The van der Waals surface area contributed by atoms with Crippen LogP contribution in [0.4, 0.5) is 4.39 Å². The molecule has 4 nitrogen and oxygen atoms in total. The minimum Gasteiger partial charge on any atom is -0.493 e. The summed E-state index contributed by atoms with van der Waals surface area (Å²) >= 11 is 0. The van der Waals surface area contributed by atoms with Crippen LogP contribution < -0.4 is 9.47 Å². The third-order valence-electron chi connectivity index (χ3n) is 2.81. The van der Waals surface area contributed by atoms with Gasteiger partial charge >= 0.3 is 0 Å². The van der Waals surface area contributed by atoms with Crippen LogP contribution >= 0.6 is 0 Å². The van der Waals surface area contributed by atoms with Gasteiger partial charge in [0.25, 0.3) is 0 Å². The predicted octanol–water partition coefficient (Wildman–Crippen LogP) is 2.55. The summed E-state index contributed by atoms with van der Waals surface area (Å²) < 4.78 is 29.6. The zero-order chi connectivity index (χ0) is 13.0. The van der Waals surface area contributed by atoms with Crippen molar-refractivity contribution in [2.75, 3.05) is 13.7 Å². The molecule has 1 unspecified atom stereocenters. The number of carbonyl (C=O) groups is 1. The van der Waals surface area contributed by atoms with E-state index in [9.17, 15) is 9.18 Å². The lowest BCUT2D eigenvalue weighted by atomic mass is 10.2. The summed E-state index contributed by atoms with van der Waals surface area (Å²) in [6.45, 7) is 0.641. The number of rotatable bonds is 4. The minimum absolute atomic E-state index is 0.0521. The average Bonchev–Trinajstić information content (AvgIpc) is 2.40. The number of hydrogen-bond donors (Lipinski definition) is 0. The van der Waals surface area contributed by atoms with Gasteiger partial charge in [-0.25, -0.2) is 4.39 Å². The van der Waals surface area contributed by atoms with Gasteiger partial charge in [-0.05, 0) is 18.9 Å². The Kier molecular flexibility index (Phi) is 4.15. The molecule has 0 N–H and O–H groups in total. The van der Waals surface area contributed by atoms with E-state index in [0.717, 1.165) is 25.3 Å². The number of halogens is 1. The van der Waals surface area contributed by atoms with Crippen LogP contribution in [0.25, 0.3) is 0 Å². The molecule has 98 valence electrons. The van der Waals surface area contributed by atoms with Crippen molar-refractivity contribution in [1.29, 1.82) is 0 Å². The first kappa shape index (κ1) is 12.8. The van der Waals surface area contributed by atoms with Crippen LogP contribution in [0.3, 0.4) is 0 Å². The van der Waals surface area contributed by atoms with Crippen LogP contribution in [-0.2, 0) is 4.74 Å². The van der Waals surface area contributed by atoms with E-state index >= 15 is 0 Å². The number of carbonyl (C=O) groups excluding carboxylic acids is 1. The van der Waals surface area contributed by atoms with Crippen molar-refractivity contribution in [3.8, 4) is 11.5 Å². The molecule has 0 radical (unpaired) electrons. The number of ether oxygens (including phenoxy) is 3. The number of benzene rings is 1. The van der Waals surface area contributed by atoms with Crippen LogP contribution in [0.2, 0.25) is 0 Å². The normalized spacial score (nSPS) is 19.3. The van der Waals surface area contributed by atoms with E-state index in [2.05, 4.69) is 0 Å². The first-order valence-corrected chi connectivity index (χ1v) is 5.85. The molecule has 1 atom stereocenters. The summed E-state index contributed by atoms with van der Waals surface area (Å²) in [5, 5.41) is 0. The molecule has 1 aromatic carbocycles. The molecule has 0 amide bonds.